The largest absolute Gasteiger partial charge is 0.310 e. The fraction of sp³-hybridized carbons (Fsp3) is 0. The van der Waals surface area contributed by atoms with Gasteiger partial charge in [-0.1, -0.05) is 121 Å². The molecule has 0 radical (unpaired) electrons. The van der Waals surface area contributed by atoms with Crippen LogP contribution in [0.2, 0.25) is 0 Å². The van der Waals surface area contributed by atoms with Crippen molar-refractivity contribution >= 4 is 91.9 Å². The Hall–Kier alpha value is -6.68. The molecule has 9 aromatic carbocycles. The maximum Gasteiger partial charge on any atom is 0.0546 e. The van der Waals surface area contributed by atoms with E-state index in [4.69, 9.17) is 0 Å². The van der Waals surface area contributed by atoms with Gasteiger partial charge in [-0.15, -0.1) is 11.3 Å². The van der Waals surface area contributed by atoms with Crippen LogP contribution < -0.4 is 4.90 Å². The van der Waals surface area contributed by atoms with E-state index in [9.17, 15) is 0 Å². The zero-order valence-corrected chi connectivity index (χ0v) is 29.6. The Balaban J connectivity index is 1.22. The first-order valence-corrected chi connectivity index (χ1v) is 18.9. The van der Waals surface area contributed by atoms with Gasteiger partial charge >= 0.3 is 0 Å². The Bertz CT molecular complexity index is 3170. The summed E-state index contributed by atoms with van der Waals surface area (Å²) in [4.78, 5) is 2.48. The van der Waals surface area contributed by atoms with Crippen molar-refractivity contribution in [2.75, 3.05) is 4.90 Å². The Morgan fingerprint density at radius 3 is 1.83 bits per heavy atom. The number of benzene rings is 9. The first kappa shape index (κ1) is 30.0. The molecule has 0 aliphatic heterocycles. The van der Waals surface area contributed by atoms with Crippen molar-refractivity contribution in [3.8, 4) is 16.8 Å². The zero-order valence-electron chi connectivity index (χ0n) is 28.8. The Morgan fingerprint density at radius 1 is 0.377 bits per heavy atom. The van der Waals surface area contributed by atoms with E-state index in [0.717, 1.165) is 22.7 Å². The van der Waals surface area contributed by atoms with E-state index in [2.05, 4.69) is 204 Å². The molecule has 0 fully saturated rings. The van der Waals surface area contributed by atoms with E-state index in [1.54, 1.807) is 0 Å². The van der Waals surface area contributed by atoms with Crippen LogP contribution in [0, 0.1) is 0 Å². The SMILES string of the molecule is c1ccc(-c2cc(N(c3ccc4sc5ccc6ccccc6c5c4c3)c3ccc4c(c3)c3ccccc3n4-c3ccccc3)c3ccccc3c2)cc1. The normalized spacial score (nSPS) is 11.8. The van der Waals surface area contributed by atoms with Crippen LogP contribution >= 0.6 is 11.3 Å². The smallest absolute Gasteiger partial charge is 0.0546 e. The van der Waals surface area contributed by atoms with Crippen molar-refractivity contribution < 1.29 is 0 Å². The molecule has 3 heteroatoms. The molecule has 0 N–H and O–H groups in total. The highest BCUT2D eigenvalue weighted by Gasteiger charge is 2.21. The minimum absolute atomic E-state index is 1.12. The van der Waals surface area contributed by atoms with Gasteiger partial charge in [0.15, 0.2) is 0 Å². The summed E-state index contributed by atoms with van der Waals surface area (Å²) in [6.07, 6.45) is 0. The Labute approximate surface area is 311 Å². The second-order valence-corrected chi connectivity index (χ2v) is 14.8. The number of hydrogen-bond donors (Lipinski definition) is 0. The van der Waals surface area contributed by atoms with E-state index < -0.39 is 0 Å². The van der Waals surface area contributed by atoms with Crippen molar-refractivity contribution in [2.45, 2.75) is 0 Å². The van der Waals surface area contributed by atoms with Gasteiger partial charge in [-0.2, -0.15) is 0 Å². The molecule has 0 aliphatic carbocycles. The molecule has 2 nitrogen and oxygen atoms in total. The molecular formula is C50H32N2S. The van der Waals surface area contributed by atoms with Crippen LogP contribution in [-0.4, -0.2) is 4.57 Å². The predicted molar refractivity (Wildman–Crippen MR) is 229 cm³/mol. The molecule has 0 amide bonds. The number of rotatable bonds is 5. The van der Waals surface area contributed by atoms with Crippen molar-refractivity contribution in [3.05, 3.63) is 194 Å². The molecule has 0 unspecified atom stereocenters. The van der Waals surface area contributed by atoms with E-state index in [-0.39, 0.29) is 0 Å². The zero-order chi connectivity index (χ0) is 34.9. The average molecular weight is 693 g/mol. The highest BCUT2D eigenvalue weighted by Crippen LogP contribution is 2.46. The standard InChI is InChI=1S/C50H32N2S/c1-3-13-33(14-4-1)36-29-35-16-8-9-19-40(35)47(30-36)51(39-25-28-48-44(32-39)50-41-20-10-7-15-34(41)23-27-49(50)53-48)38-24-26-46-43(31-38)42-21-11-12-22-45(42)52(46)37-17-5-2-6-18-37/h1-32H. The third kappa shape index (κ3) is 4.78. The van der Waals surface area contributed by atoms with E-state index in [1.165, 1.54) is 74.6 Å². The fourth-order valence-electron chi connectivity index (χ4n) is 8.33. The second-order valence-electron chi connectivity index (χ2n) is 13.7. The van der Waals surface area contributed by atoms with Crippen LogP contribution in [0.4, 0.5) is 17.1 Å². The fourth-order valence-corrected chi connectivity index (χ4v) is 9.43. The third-order valence-electron chi connectivity index (χ3n) is 10.7. The van der Waals surface area contributed by atoms with Gasteiger partial charge in [0, 0.05) is 53.4 Å². The topological polar surface area (TPSA) is 8.17 Å². The van der Waals surface area contributed by atoms with E-state index in [0.29, 0.717) is 0 Å². The van der Waals surface area contributed by atoms with E-state index >= 15 is 0 Å². The van der Waals surface area contributed by atoms with Crippen molar-refractivity contribution in [1.82, 2.24) is 4.57 Å². The summed E-state index contributed by atoms with van der Waals surface area (Å²) in [5, 5.41) is 10.1. The maximum atomic E-state index is 2.48. The van der Waals surface area contributed by atoms with Gasteiger partial charge in [0.1, 0.15) is 0 Å². The lowest BCUT2D eigenvalue weighted by molar-refractivity contribution is 1.18. The van der Waals surface area contributed by atoms with Gasteiger partial charge in [-0.25, -0.2) is 0 Å². The van der Waals surface area contributed by atoms with Gasteiger partial charge < -0.3 is 9.47 Å². The molecule has 0 spiro atoms. The molecule has 0 bridgehead atoms. The lowest BCUT2D eigenvalue weighted by Crippen LogP contribution is -2.11. The van der Waals surface area contributed by atoms with Crippen molar-refractivity contribution in [1.29, 1.82) is 0 Å². The monoisotopic (exact) mass is 692 g/mol. The predicted octanol–water partition coefficient (Wildman–Crippen LogP) is 14.6. The van der Waals surface area contributed by atoms with Crippen LogP contribution in [0.1, 0.15) is 0 Å². The van der Waals surface area contributed by atoms with Gasteiger partial charge in [0.2, 0.25) is 0 Å². The van der Waals surface area contributed by atoms with Crippen molar-refractivity contribution in [3.63, 3.8) is 0 Å². The summed E-state index contributed by atoms with van der Waals surface area (Å²) in [6, 6.07) is 71.1. The molecule has 0 saturated heterocycles. The van der Waals surface area contributed by atoms with Crippen LogP contribution in [0.15, 0.2) is 194 Å². The summed E-state index contributed by atoms with van der Waals surface area (Å²) in [7, 11) is 0. The van der Waals surface area contributed by atoms with E-state index in [1.807, 2.05) is 11.3 Å². The van der Waals surface area contributed by atoms with Crippen LogP contribution in [0.5, 0.6) is 0 Å². The number of thiophene rings is 1. The molecule has 0 aliphatic rings. The molecule has 11 rings (SSSR count). The third-order valence-corrected chi connectivity index (χ3v) is 11.9. The number of hydrogen-bond acceptors (Lipinski definition) is 2. The molecule has 2 heterocycles. The first-order chi connectivity index (χ1) is 26.3. The molecule has 0 atom stereocenters. The molecule has 2 aromatic heterocycles. The number of para-hydroxylation sites is 2. The summed E-state index contributed by atoms with van der Waals surface area (Å²) in [5.41, 5.74) is 9.34. The summed E-state index contributed by atoms with van der Waals surface area (Å²) in [6.45, 7) is 0. The average Bonchev–Trinajstić information content (AvgIpc) is 3.77. The maximum absolute atomic E-state index is 2.48. The second kappa shape index (κ2) is 11.9. The van der Waals surface area contributed by atoms with Crippen LogP contribution in [0.25, 0.3) is 80.3 Å². The summed E-state index contributed by atoms with van der Waals surface area (Å²) < 4.78 is 5.00. The Kier molecular flexibility index (Phi) is 6.76. The number of anilines is 3. The summed E-state index contributed by atoms with van der Waals surface area (Å²) in [5.74, 6) is 0. The number of aromatic nitrogens is 1. The summed E-state index contributed by atoms with van der Waals surface area (Å²) >= 11 is 1.87. The Morgan fingerprint density at radius 2 is 1.00 bits per heavy atom. The van der Waals surface area contributed by atoms with Gasteiger partial charge in [0.05, 0.1) is 16.7 Å². The number of fused-ring (bicyclic) bond motifs is 9. The number of nitrogens with zero attached hydrogens (tertiary/aromatic N) is 2. The van der Waals surface area contributed by atoms with Crippen molar-refractivity contribution in [2.24, 2.45) is 0 Å². The lowest BCUT2D eigenvalue weighted by Gasteiger charge is -2.28. The van der Waals surface area contributed by atoms with Gasteiger partial charge in [-0.05, 0) is 100 Å². The molecular weight excluding hydrogens is 661 g/mol. The molecule has 0 saturated carbocycles. The van der Waals surface area contributed by atoms with Crippen LogP contribution in [0.3, 0.4) is 0 Å². The molecule has 53 heavy (non-hydrogen) atoms. The molecule has 11 aromatic rings. The van der Waals surface area contributed by atoms with Crippen LogP contribution in [-0.2, 0) is 0 Å². The minimum atomic E-state index is 1.12. The van der Waals surface area contributed by atoms with Gasteiger partial charge in [0.25, 0.3) is 0 Å². The highest BCUT2D eigenvalue weighted by atomic mass is 32.1. The lowest BCUT2D eigenvalue weighted by atomic mass is 9.98. The minimum Gasteiger partial charge on any atom is -0.310 e. The molecule has 248 valence electrons. The quantitative estimate of drug-likeness (QED) is 0.174. The first-order valence-electron chi connectivity index (χ1n) is 18.1. The highest BCUT2D eigenvalue weighted by molar-refractivity contribution is 7.26. The van der Waals surface area contributed by atoms with Gasteiger partial charge in [-0.3, -0.25) is 0 Å².